The number of hydrogen-bond acceptors (Lipinski definition) is 5. The maximum atomic E-state index is 11.4. The third-order valence-corrected chi connectivity index (χ3v) is 5.36. The fourth-order valence-corrected chi connectivity index (χ4v) is 4.02. The Morgan fingerprint density at radius 2 is 1.80 bits per heavy atom. The quantitative estimate of drug-likeness (QED) is 0.679. The zero-order valence-corrected chi connectivity index (χ0v) is 17.3. The van der Waals surface area contributed by atoms with Crippen LogP contribution < -0.4 is 10.6 Å². The maximum Gasteiger partial charge on any atom is 0.222 e. The van der Waals surface area contributed by atoms with Gasteiger partial charge < -0.3 is 10.6 Å². The largest absolute Gasteiger partial charge is 0.326 e. The number of hydrogen-bond donors (Lipinski definition) is 2. The molecule has 0 atom stereocenters. The van der Waals surface area contributed by atoms with E-state index in [0.717, 1.165) is 60.6 Å². The van der Waals surface area contributed by atoms with E-state index in [1.165, 1.54) is 13.8 Å². The molecule has 0 unspecified atom stereocenters. The molecule has 1 fully saturated rings. The Bertz CT molecular complexity index is 1070. The van der Waals surface area contributed by atoms with Gasteiger partial charge in [0.1, 0.15) is 5.82 Å². The van der Waals surface area contributed by atoms with Crippen molar-refractivity contribution in [2.75, 3.05) is 23.7 Å². The second-order valence-corrected chi connectivity index (χ2v) is 7.71. The standard InChI is InChI=1S/C22H26N6O2/c1-15(29)24-20-4-3-5-21-19(20)7-6-17(26-21)14-27-12-9-18(10-13-27)28-22(8-11-23-28)25-16(2)30/h3-8,11,18H,9-10,12-14H2,1-2H3,(H,24,29)(H,25,30). The summed E-state index contributed by atoms with van der Waals surface area (Å²) >= 11 is 0. The molecule has 1 saturated heterocycles. The predicted molar refractivity (Wildman–Crippen MR) is 116 cm³/mol. The molecule has 0 radical (unpaired) electrons. The van der Waals surface area contributed by atoms with Crippen molar-refractivity contribution >= 4 is 34.2 Å². The number of fused-ring (bicyclic) bond motifs is 1. The molecule has 8 heteroatoms. The van der Waals surface area contributed by atoms with Crippen LogP contribution in [-0.4, -0.2) is 44.6 Å². The van der Waals surface area contributed by atoms with Crippen LogP contribution in [0.2, 0.25) is 0 Å². The molecular weight excluding hydrogens is 380 g/mol. The molecule has 156 valence electrons. The summed E-state index contributed by atoms with van der Waals surface area (Å²) in [4.78, 5) is 30.0. The number of nitrogens with zero attached hydrogens (tertiary/aromatic N) is 4. The number of nitrogens with one attached hydrogen (secondary N) is 2. The van der Waals surface area contributed by atoms with E-state index < -0.39 is 0 Å². The molecule has 2 aromatic heterocycles. The molecule has 0 bridgehead atoms. The number of anilines is 2. The van der Waals surface area contributed by atoms with Crippen molar-refractivity contribution in [3.63, 3.8) is 0 Å². The lowest BCUT2D eigenvalue weighted by Gasteiger charge is -2.32. The molecule has 3 aromatic rings. The Morgan fingerprint density at radius 3 is 2.53 bits per heavy atom. The van der Waals surface area contributed by atoms with Crippen LogP contribution in [0.5, 0.6) is 0 Å². The Balaban J connectivity index is 1.40. The summed E-state index contributed by atoms with van der Waals surface area (Å²) in [5.41, 5.74) is 2.68. The van der Waals surface area contributed by atoms with Crippen LogP contribution in [0.3, 0.4) is 0 Å². The van der Waals surface area contributed by atoms with Gasteiger partial charge in [-0.1, -0.05) is 6.07 Å². The molecule has 2 amide bonds. The van der Waals surface area contributed by atoms with Crippen molar-refractivity contribution in [2.24, 2.45) is 0 Å². The number of aromatic nitrogens is 3. The normalized spacial score (nSPS) is 15.3. The first-order valence-electron chi connectivity index (χ1n) is 10.2. The van der Waals surface area contributed by atoms with E-state index >= 15 is 0 Å². The Morgan fingerprint density at radius 1 is 1.03 bits per heavy atom. The molecule has 3 heterocycles. The molecule has 8 nitrogen and oxygen atoms in total. The molecule has 1 aliphatic heterocycles. The first-order valence-corrected chi connectivity index (χ1v) is 10.2. The first kappa shape index (κ1) is 20.0. The van der Waals surface area contributed by atoms with Crippen LogP contribution in [0.1, 0.15) is 38.4 Å². The van der Waals surface area contributed by atoms with Crippen LogP contribution in [0, 0.1) is 0 Å². The van der Waals surface area contributed by atoms with Crippen LogP contribution in [0.4, 0.5) is 11.5 Å². The zero-order valence-electron chi connectivity index (χ0n) is 17.3. The van der Waals surface area contributed by atoms with E-state index in [4.69, 9.17) is 4.98 Å². The molecular formula is C22H26N6O2. The highest BCUT2D eigenvalue weighted by molar-refractivity contribution is 6.00. The van der Waals surface area contributed by atoms with E-state index in [9.17, 15) is 9.59 Å². The van der Waals surface area contributed by atoms with E-state index in [1.54, 1.807) is 6.20 Å². The van der Waals surface area contributed by atoms with Crippen molar-refractivity contribution in [2.45, 2.75) is 39.3 Å². The molecule has 1 aliphatic rings. The van der Waals surface area contributed by atoms with Gasteiger partial charge in [0.05, 0.1) is 29.1 Å². The Hall–Kier alpha value is -3.26. The van der Waals surface area contributed by atoms with Gasteiger partial charge in [-0.05, 0) is 37.1 Å². The van der Waals surface area contributed by atoms with Crippen molar-refractivity contribution in [3.05, 3.63) is 48.3 Å². The molecule has 30 heavy (non-hydrogen) atoms. The molecule has 0 spiro atoms. The summed E-state index contributed by atoms with van der Waals surface area (Å²) in [5.74, 6) is 0.582. The smallest absolute Gasteiger partial charge is 0.222 e. The fraction of sp³-hybridized carbons (Fsp3) is 0.364. The van der Waals surface area contributed by atoms with Crippen molar-refractivity contribution in [1.82, 2.24) is 19.7 Å². The first-order chi connectivity index (χ1) is 14.5. The molecule has 1 aromatic carbocycles. The third kappa shape index (κ3) is 4.49. The highest BCUT2D eigenvalue weighted by atomic mass is 16.2. The molecule has 0 aliphatic carbocycles. The van der Waals surface area contributed by atoms with Gasteiger partial charge in [0.25, 0.3) is 0 Å². The van der Waals surface area contributed by atoms with E-state index in [1.807, 2.05) is 41.1 Å². The number of rotatable bonds is 5. The van der Waals surface area contributed by atoms with E-state index in [2.05, 4.69) is 20.6 Å². The number of benzene rings is 1. The second kappa shape index (κ2) is 8.62. The summed E-state index contributed by atoms with van der Waals surface area (Å²) in [6.45, 7) is 5.68. The van der Waals surface area contributed by atoms with Gasteiger partial charge in [0.2, 0.25) is 11.8 Å². The van der Waals surface area contributed by atoms with Crippen LogP contribution in [-0.2, 0) is 16.1 Å². The average Bonchev–Trinajstić information content (AvgIpc) is 3.15. The van der Waals surface area contributed by atoms with Gasteiger partial charge in [-0.15, -0.1) is 0 Å². The lowest BCUT2D eigenvalue weighted by atomic mass is 10.0. The molecule has 2 N–H and O–H groups in total. The summed E-state index contributed by atoms with van der Waals surface area (Å²) in [6, 6.07) is 11.9. The second-order valence-electron chi connectivity index (χ2n) is 7.71. The summed E-state index contributed by atoms with van der Waals surface area (Å²) in [7, 11) is 0. The predicted octanol–water partition coefficient (Wildman–Crippen LogP) is 3.19. The van der Waals surface area contributed by atoms with Crippen LogP contribution in [0.15, 0.2) is 42.6 Å². The third-order valence-electron chi connectivity index (χ3n) is 5.36. The number of carbonyl (C=O) groups is 2. The van der Waals surface area contributed by atoms with Gasteiger partial charge in [-0.25, -0.2) is 4.68 Å². The average molecular weight is 406 g/mol. The SMILES string of the molecule is CC(=O)Nc1cccc2nc(CN3CCC(n4nccc4NC(C)=O)CC3)ccc12. The minimum Gasteiger partial charge on any atom is -0.326 e. The van der Waals surface area contributed by atoms with E-state index in [0.29, 0.717) is 0 Å². The minimum atomic E-state index is -0.0895. The monoisotopic (exact) mass is 406 g/mol. The van der Waals surface area contributed by atoms with Gasteiger partial charge in [-0.3, -0.25) is 19.5 Å². The zero-order chi connectivity index (χ0) is 21.1. The number of amides is 2. The van der Waals surface area contributed by atoms with Crippen molar-refractivity contribution in [3.8, 4) is 0 Å². The number of piperidine rings is 1. The summed E-state index contributed by atoms with van der Waals surface area (Å²) in [6.07, 6.45) is 3.66. The summed E-state index contributed by atoms with van der Waals surface area (Å²) < 4.78 is 1.93. The van der Waals surface area contributed by atoms with Gasteiger partial charge >= 0.3 is 0 Å². The number of likely N-dealkylation sites (tertiary alicyclic amines) is 1. The maximum absolute atomic E-state index is 11.4. The minimum absolute atomic E-state index is 0.0850. The topological polar surface area (TPSA) is 92.2 Å². The Labute approximate surface area is 175 Å². The lowest BCUT2D eigenvalue weighted by molar-refractivity contribution is -0.115. The summed E-state index contributed by atoms with van der Waals surface area (Å²) in [5, 5.41) is 11.1. The molecule has 4 rings (SSSR count). The van der Waals surface area contributed by atoms with Gasteiger partial charge in [0.15, 0.2) is 0 Å². The number of pyridine rings is 1. The molecule has 0 saturated carbocycles. The Kier molecular flexibility index (Phi) is 5.76. The van der Waals surface area contributed by atoms with Crippen LogP contribution >= 0.6 is 0 Å². The number of carbonyl (C=O) groups excluding carboxylic acids is 2. The highest BCUT2D eigenvalue weighted by Gasteiger charge is 2.23. The highest BCUT2D eigenvalue weighted by Crippen LogP contribution is 2.27. The van der Waals surface area contributed by atoms with Crippen molar-refractivity contribution in [1.29, 1.82) is 0 Å². The van der Waals surface area contributed by atoms with Gasteiger partial charge in [0, 0.05) is 44.9 Å². The van der Waals surface area contributed by atoms with Gasteiger partial charge in [-0.2, -0.15) is 5.10 Å². The van der Waals surface area contributed by atoms with Crippen molar-refractivity contribution < 1.29 is 9.59 Å². The fourth-order valence-electron chi connectivity index (χ4n) is 4.02. The van der Waals surface area contributed by atoms with E-state index in [-0.39, 0.29) is 17.9 Å². The van der Waals surface area contributed by atoms with Crippen LogP contribution in [0.25, 0.3) is 10.9 Å². The lowest BCUT2D eigenvalue weighted by Crippen LogP contribution is -2.35.